The smallest absolute Gasteiger partial charge is 0.306 e. The molecule has 12 heteroatoms. The first-order chi connectivity index (χ1) is 17.6. The zero-order valence-corrected chi connectivity index (χ0v) is 22.6. The first-order valence-corrected chi connectivity index (χ1v) is 14.8. The zero-order chi connectivity index (χ0) is 26.6. The average Bonchev–Trinajstić information content (AvgIpc) is 3.54. The number of Topliss-reactive ketones (excluding diaryl/α,β-unsaturated/α-hetero) is 1. The molecule has 0 radical (unpaired) electrons. The summed E-state index contributed by atoms with van der Waals surface area (Å²) in [5.41, 5.74) is 0.996. The van der Waals surface area contributed by atoms with Crippen molar-refractivity contribution in [1.82, 2.24) is 4.98 Å². The summed E-state index contributed by atoms with van der Waals surface area (Å²) >= 11 is 14.5. The van der Waals surface area contributed by atoms with Crippen LogP contribution in [0.15, 0.2) is 89.8 Å². The molecule has 1 N–H and O–H groups in total. The number of rotatable bonds is 8. The van der Waals surface area contributed by atoms with Crippen molar-refractivity contribution in [2.45, 2.75) is 6.18 Å². The van der Waals surface area contributed by atoms with Crippen LogP contribution in [0.25, 0.3) is 20.6 Å². The lowest BCUT2D eigenvalue weighted by Crippen LogP contribution is -2.22. The van der Waals surface area contributed by atoms with Crippen molar-refractivity contribution < 1.29 is 22.5 Å². The van der Waals surface area contributed by atoms with E-state index < -0.39 is 24.1 Å². The summed E-state index contributed by atoms with van der Waals surface area (Å²) < 4.78 is 54.1. The van der Waals surface area contributed by atoms with Gasteiger partial charge in [-0.05, 0) is 22.6 Å². The first kappa shape index (κ1) is 27.4. The van der Waals surface area contributed by atoms with Crippen LogP contribution in [0.2, 0.25) is 0 Å². The van der Waals surface area contributed by atoms with E-state index in [1.807, 2.05) is 0 Å². The molecule has 0 bridgehead atoms. The Morgan fingerprint density at radius 3 is 1.89 bits per heavy atom. The molecule has 2 heterocycles. The molecular weight excluding hydrogens is 583 g/mol. The highest BCUT2D eigenvalue weighted by atomic mass is 35.5. The van der Waals surface area contributed by atoms with Crippen LogP contribution in [0.4, 0.5) is 18.3 Å². The normalized spacial score (nSPS) is 14.3. The van der Waals surface area contributed by atoms with E-state index in [1.165, 1.54) is 11.6 Å². The summed E-state index contributed by atoms with van der Waals surface area (Å²) in [5, 5.41) is 4.48. The standard InChI is InChI=1S/C25H16Cl2F3N2O2PS2/c26-18(16-8-3-1-4-9-16)14-35(34,15-19(27)17-10-5-2-6-11-17)32-24-31-21(20-12-7-13-36-20)22(37-24)23(33)25(28,29)30/h1-15H,(H,31,32,34)/b18-14-,19-15+. The second kappa shape index (κ2) is 11.4. The van der Waals surface area contributed by atoms with Crippen molar-refractivity contribution in [3.8, 4) is 10.6 Å². The Bertz CT molecular complexity index is 1440. The van der Waals surface area contributed by atoms with Gasteiger partial charge in [0.25, 0.3) is 5.78 Å². The Kier molecular flexibility index (Phi) is 8.41. The molecule has 2 aromatic heterocycles. The van der Waals surface area contributed by atoms with Crippen LogP contribution in [0.5, 0.6) is 0 Å². The lowest BCUT2D eigenvalue weighted by Gasteiger charge is -2.13. The topological polar surface area (TPSA) is 59.1 Å². The molecule has 0 aliphatic carbocycles. The van der Waals surface area contributed by atoms with Crippen molar-refractivity contribution >= 4 is 74.1 Å². The van der Waals surface area contributed by atoms with Crippen LogP contribution in [0, 0.1) is 0 Å². The van der Waals surface area contributed by atoms with E-state index in [0.29, 0.717) is 27.3 Å². The van der Waals surface area contributed by atoms with Crippen molar-refractivity contribution in [2.24, 2.45) is 0 Å². The molecule has 4 nitrogen and oxygen atoms in total. The third-order valence-electron chi connectivity index (χ3n) is 4.83. The number of benzene rings is 2. The van der Waals surface area contributed by atoms with Gasteiger partial charge in [0.05, 0.1) is 14.9 Å². The van der Waals surface area contributed by atoms with Crippen LogP contribution < -0.4 is 5.09 Å². The molecule has 0 spiro atoms. The highest BCUT2D eigenvalue weighted by molar-refractivity contribution is 7.72. The molecule has 0 amide bonds. The van der Waals surface area contributed by atoms with Crippen LogP contribution in [-0.2, 0) is 4.57 Å². The molecule has 4 rings (SSSR count). The van der Waals surface area contributed by atoms with E-state index in [4.69, 9.17) is 23.2 Å². The quantitative estimate of drug-likeness (QED) is 0.162. The SMILES string of the molecule is O=C(c1sc(NP(=O)(/C=C(\Cl)c2ccccc2)/C=C(/Cl)c2ccccc2)nc1-c1cccs1)C(F)(F)F. The number of carbonyl (C=O) groups excluding carboxylic acids is 1. The summed E-state index contributed by atoms with van der Waals surface area (Å²) in [6, 6.07) is 20.6. The Labute approximate surface area is 228 Å². The number of hydrogen-bond donors (Lipinski definition) is 1. The number of halogens is 5. The third-order valence-corrected chi connectivity index (χ3v) is 9.63. The monoisotopic (exact) mass is 598 g/mol. The van der Waals surface area contributed by atoms with Crippen LogP contribution >= 0.6 is 53.2 Å². The van der Waals surface area contributed by atoms with E-state index >= 15 is 0 Å². The minimum absolute atomic E-state index is 0.131. The minimum Gasteiger partial charge on any atom is -0.306 e. The summed E-state index contributed by atoms with van der Waals surface area (Å²) in [6.07, 6.45) is -5.10. The van der Waals surface area contributed by atoms with Gasteiger partial charge in [-0.1, -0.05) is 101 Å². The number of alkyl halides is 3. The number of ketones is 1. The van der Waals surface area contributed by atoms with Gasteiger partial charge in [-0.2, -0.15) is 13.2 Å². The Morgan fingerprint density at radius 1 is 0.892 bits per heavy atom. The maximum Gasteiger partial charge on any atom is 0.455 e. The zero-order valence-electron chi connectivity index (χ0n) is 18.6. The number of hydrogen-bond acceptors (Lipinski definition) is 5. The van der Waals surface area contributed by atoms with Crippen molar-refractivity contribution in [1.29, 1.82) is 0 Å². The number of thiazole rings is 1. The Balaban J connectivity index is 1.81. The summed E-state index contributed by atoms with van der Waals surface area (Å²) in [5.74, 6) is 0.478. The molecule has 0 fully saturated rings. The number of aromatic nitrogens is 1. The van der Waals surface area contributed by atoms with Crippen LogP contribution in [0.1, 0.15) is 20.8 Å². The van der Waals surface area contributed by atoms with E-state index in [9.17, 15) is 22.5 Å². The summed E-state index contributed by atoms with van der Waals surface area (Å²) in [7, 11) is -3.82. The van der Waals surface area contributed by atoms with Gasteiger partial charge in [-0.25, -0.2) is 4.98 Å². The molecule has 4 aromatic rings. The predicted molar refractivity (Wildman–Crippen MR) is 148 cm³/mol. The molecule has 0 aliphatic heterocycles. The van der Waals surface area contributed by atoms with Gasteiger partial charge < -0.3 is 5.09 Å². The Hall–Kier alpha value is -2.68. The lowest BCUT2D eigenvalue weighted by atomic mass is 10.2. The fraction of sp³-hybridized carbons (Fsp3) is 0.0400. The fourth-order valence-electron chi connectivity index (χ4n) is 3.16. The third kappa shape index (κ3) is 6.80. The maximum atomic E-state index is 14.2. The number of thiophene rings is 1. The van der Waals surface area contributed by atoms with Crippen molar-refractivity contribution in [3.05, 3.63) is 106 Å². The molecule has 2 aromatic carbocycles. The molecule has 1 unspecified atom stereocenters. The van der Waals surface area contributed by atoms with Gasteiger partial charge in [0.2, 0.25) is 7.29 Å². The number of carbonyl (C=O) groups is 1. The number of anilines is 1. The average molecular weight is 599 g/mol. The molecule has 0 saturated carbocycles. The number of nitrogens with zero attached hydrogens (tertiary/aromatic N) is 1. The summed E-state index contributed by atoms with van der Waals surface area (Å²) in [6.45, 7) is 0. The highest BCUT2D eigenvalue weighted by Gasteiger charge is 2.42. The van der Waals surface area contributed by atoms with E-state index in [2.05, 4.69) is 10.1 Å². The van der Waals surface area contributed by atoms with Gasteiger partial charge in [0.1, 0.15) is 10.6 Å². The predicted octanol–water partition coefficient (Wildman–Crippen LogP) is 9.78. The van der Waals surface area contributed by atoms with Crippen molar-refractivity contribution in [3.63, 3.8) is 0 Å². The van der Waals surface area contributed by atoms with E-state index in [-0.39, 0.29) is 20.9 Å². The summed E-state index contributed by atoms with van der Waals surface area (Å²) in [4.78, 5) is 16.1. The molecular formula is C25H16Cl2F3N2O2PS2. The number of nitrogens with one attached hydrogen (secondary N) is 1. The minimum atomic E-state index is -5.10. The van der Waals surface area contributed by atoms with Gasteiger partial charge in [0.15, 0.2) is 5.13 Å². The molecule has 1 atom stereocenters. The lowest BCUT2D eigenvalue weighted by molar-refractivity contribution is -0.0882. The largest absolute Gasteiger partial charge is 0.455 e. The molecule has 37 heavy (non-hydrogen) atoms. The van der Waals surface area contributed by atoms with Gasteiger partial charge in [-0.3, -0.25) is 9.36 Å². The highest BCUT2D eigenvalue weighted by Crippen LogP contribution is 2.54. The van der Waals surface area contributed by atoms with Crippen LogP contribution in [0.3, 0.4) is 0 Å². The Morgan fingerprint density at radius 2 is 1.43 bits per heavy atom. The fourth-order valence-corrected chi connectivity index (χ4v) is 8.00. The van der Waals surface area contributed by atoms with E-state index in [1.54, 1.807) is 78.2 Å². The second-order valence-electron chi connectivity index (χ2n) is 7.51. The van der Waals surface area contributed by atoms with Gasteiger partial charge >= 0.3 is 6.18 Å². The van der Waals surface area contributed by atoms with Gasteiger partial charge in [-0.15, -0.1) is 11.3 Å². The molecule has 0 saturated heterocycles. The first-order valence-electron chi connectivity index (χ1n) is 10.5. The maximum absolute atomic E-state index is 14.2. The van der Waals surface area contributed by atoms with E-state index in [0.717, 1.165) is 11.3 Å². The molecule has 190 valence electrons. The van der Waals surface area contributed by atoms with Crippen molar-refractivity contribution in [2.75, 3.05) is 5.09 Å². The second-order valence-corrected chi connectivity index (χ2v) is 12.4. The molecule has 0 aliphatic rings. The van der Waals surface area contributed by atoms with Crippen LogP contribution in [-0.4, -0.2) is 16.9 Å². The van der Waals surface area contributed by atoms with Gasteiger partial charge in [0, 0.05) is 11.6 Å².